The second-order valence-corrected chi connectivity index (χ2v) is 8.45. The van der Waals surface area contributed by atoms with Crippen molar-refractivity contribution in [3.8, 4) is 0 Å². The number of hydrogen-bond acceptors (Lipinski definition) is 4. The van der Waals surface area contributed by atoms with Crippen LogP contribution in [0.3, 0.4) is 0 Å². The van der Waals surface area contributed by atoms with Gasteiger partial charge >= 0.3 is 0 Å². The third-order valence-corrected chi connectivity index (χ3v) is 6.05. The van der Waals surface area contributed by atoms with E-state index in [4.69, 9.17) is 9.97 Å². The minimum Gasteiger partial charge on any atom is -0.340 e. The maximum Gasteiger partial charge on any atom is 0.255 e. The Bertz CT molecular complexity index is 1230. The molecule has 0 bridgehead atoms. The first kappa shape index (κ1) is 18.8. The first-order chi connectivity index (χ1) is 14.4. The summed E-state index contributed by atoms with van der Waals surface area (Å²) in [5, 5.41) is 5.38. The molecule has 154 valence electrons. The smallest absolute Gasteiger partial charge is 0.255 e. The summed E-state index contributed by atoms with van der Waals surface area (Å²) in [5.41, 5.74) is 5.14. The number of pyridine rings is 1. The van der Waals surface area contributed by atoms with Gasteiger partial charge in [0, 0.05) is 19.3 Å². The molecule has 3 aromatic heterocycles. The van der Waals surface area contributed by atoms with Gasteiger partial charge in [0.05, 0.1) is 33.7 Å². The summed E-state index contributed by atoms with van der Waals surface area (Å²) in [7, 11) is 1.88. The molecule has 1 aliphatic heterocycles. The average Bonchev–Trinajstić information content (AvgIpc) is 3.44. The Morgan fingerprint density at radius 3 is 2.80 bits per heavy atom. The Hall–Kier alpha value is -3.22. The van der Waals surface area contributed by atoms with Gasteiger partial charge < -0.3 is 9.88 Å². The number of likely N-dealkylation sites (tertiary alicyclic amines) is 1. The lowest BCUT2D eigenvalue weighted by molar-refractivity contribution is 0.0732. The number of carbonyl (C=O) groups is 1. The highest BCUT2D eigenvalue weighted by molar-refractivity contribution is 6.06. The molecule has 0 aliphatic carbocycles. The standard InChI is InChI=1S/C23H26N6O/c1-13(2)18-12-15(20-14(3)27-28(4)22(20)26-18)23(30)29-11-7-10-19(29)21-24-16-8-5-6-9-17(16)25-21/h5-6,8-9,12-13,19H,7,10-11H2,1-4H3,(H,24,25). The summed E-state index contributed by atoms with van der Waals surface area (Å²) in [6.07, 6.45) is 1.87. The maximum atomic E-state index is 13.8. The molecule has 0 saturated carbocycles. The molecule has 4 heterocycles. The molecule has 30 heavy (non-hydrogen) atoms. The largest absolute Gasteiger partial charge is 0.340 e. The van der Waals surface area contributed by atoms with E-state index >= 15 is 0 Å². The average molecular weight is 403 g/mol. The number of hydrogen-bond donors (Lipinski definition) is 1. The van der Waals surface area contributed by atoms with E-state index in [-0.39, 0.29) is 17.9 Å². The molecule has 0 spiro atoms. The van der Waals surface area contributed by atoms with Gasteiger partial charge in [-0.1, -0.05) is 26.0 Å². The van der Waals surface area contributed by atoms with Gasteiger partial charge in [0.1, 0.15) is 5.82 Å². The molecule has 1 atom stereocenters. The van der Waals surface area contributed by atoms with Crippen molar-refractivity contribution in [1.82, 2.24) is 29.6 Å². The second kappa shape index (κ2) is 6.93. The lowest BCUT2D eigenvalue weighted by atomic mass is 10.0. The van der Waals surface area contributed by atoms with Crippen LogP contribution in [0.5, 0.6) is 0 Å². The number of para-hydroxylation sites is 2. The molecule has 7 heteroatoms. The van der Waals surface area contributed by atoms with Crippen LogP contribution in [0, 0.1) is 6.92 Å². The van der Waals surface area contributed by atoms with Crippen molar-refractivity contribution < 1.29 is 4.79 Å². The molecule has 1 aromatic carbocycles. The number of nitrogens with zero attached hydrogens (tertiary/aromatic N) is 5. The van der Waals surface area contributed by atoms with Crippen LogP contribution in [-0.2, 0) is 7.05 Å². The molecule has 1 saturated heterocycles. The van der Waals surface area contributed by atoms with Crippen molar-refractivity contribution in [2.45, 2.75) is 45.6 Å². The van der Waals surface area contributed by atoms with Crippen LogP contribution in [-0.4, -0.2) is 42.1 Å². The number of imidazole rings is 1. The zero-order valence-corrected chi connectivity index (χ0v) is 17.8. The first-order valence-electron chi connectivity index (χ1n) is 10.5. The van der Waals surface area contributed by atoms with Crippen molar-refractivity contribution in [2.75, 3.05) is 6.54 Å². The Balaban J connectivity index is 1.60. The lowest BCUT2D eigenvalue weighted by Gasteiger charge is -2.24. The van der Waals surface area contributed by atoms with Gasteiger partial charge in [0.15, 0.2) is 5.65 Å². The second-order valence-electron chi connectivity index (χ2n) is 8.45. The Kier molecular flexibility index (Phi) is 4.34. The van der Waals surface area contributed by atoms with Crippen LogP contribution < -0.4 is 0 Å². The van der Waals surface area contributed by atoms with Gasteiger partial charge in [-0.3, -0.25) is 9.48 Å². The molecule has 1 fully saturated rings. The quantitative estimate of drug-likeness (QED) is 0.555. The summed E-state index contributed by atoms with van der Waals surface area (Å²) in [6, 6.07) is 9.90. The summed E-state index contributed by atoms with van der Waals surface area (Å²) in [6.45, 7) is 6.86. The first-order valence-corrected chi connectivity index (χ1v) is 10.5. The maximum absolute atomic E-state index is 13.8. The summed E-state index contributed by atoms with van der Waals surface area (Å²) in [4.78, 5) is 28.8. The number of benzene rings is 1. The van der Waals surface area contributed by atoms with Crippen LogP contribution in [0.15, 0.2) is 30.3 Å². The van der Waals surface area contributed by atoms with E-state index in [1.807, 2.05) is 49.2 Å². The molecule has 1 N–H and O–H groups in total. The van der Waals surface area contributed by atoms with Gasteiger partial charge in [-0.05, 0) is 43.9 Å². The van der Waals surface area contributed by atoms with E-state index in [9.17, 15) is 4.79 Å². The van der Waals surface area contributed by atoms with Gasteiger partial charge in [-0.15, -0.1) is 0 Å². The molecule has 4 aromatic rings. The number of amides is 1. The Morgan fingerprint density at radius 2 is 2.03 bits per heavy atom. The van der Waals surface area contributed by atoms with E-state index in [1.54, 1.807) is 4.68 Å². The SMILES string of the molecule is Cc1nn(C)c2nc(C(C)C)cc(C(=O)N3CCCC3c3nc4ccccc4[nH]3)c12. The number of aryl methyl sites for hydroxylation is 2. The van der Waals surface area contributed by atoms with Gasteiger partial charge in [0.25, 0.3) is 5.91 Å². The molecule has 1 aliphatic rings. The molecule has 1 unspecified atom stereocenters. The van der Waals surface area contributed by atoms with Crippen molar-refractivity contribution >= 4 is 28.0 Å². The van der Waals surface area contributed by atoms with Crippen molar-refractivity contribution in [3.63, 3.8) is 0 Å². The van der Waals surface area contributed by atoms with Crippen LogP contribution in [0.4, 0.5) is 0 Å². The van der Waals surface area contributed by atoms with Crippen LogP contribution >= 0.6 is 0 Å². The van der Waals surface area contributed by atoms with E-state index in [0.717, 1.165) is 58.7 Å². The number of nitrogens with one attached hydrogen (secondary N) is 1. The molecule has 7 nitrogen and oxygen atoms in total. The van der Waals surface area contributed by atoms with Crippen molar-refractivity contribution in [2.24, 2.45) is 7.05 Å². The number of rotatable bonds is 3. The van der Waals surface area contributed by atoms with Crippen molar-refractivity contribution in [3.05, 3.63) is 53.1 Å². The highest BCUT2D eigenvalue weighted by Crippen LogP contribution is 2.34. The number of H-pyrrole nitrogens is 1. The lowest BCUT2D eigenvalue weighted by Crippen LogP contribution is -2.31. The third kappa shape index (κ3) is 2.88. The van der Waals surface area contributed by atoms with Gasteiger partial charge in [-0.2, -0.15) is 5.10 Å². The zero-order chi connectivity index (χ0) is 21.0. The highest BCUT2D eigenvalue weighted by atomic mass is 16.2. The normalized spacial score (nSPS) is 17.0. The van der Waals surface area contributed by atoms with Gasteiger partial charge in [0.2, 0.25) is 0 Å². The topological polar surface area (TPSA) is 79.7 Å². The third-order valence-electron chi connectivity index (χ3n) is 6.05. The van der Waals surface area contributed by atoms with E-state index in [1.165, 1.54) is 0 Å². The molecule has 5 rings (SSSR count). The summed E-state index contributed by atoms with van der Waals surface area (Å²) < 4.78 is 1.77. The fourth-order valence-electron chi connectivity index (χ4n) is 4.51. The number of aromatic amines is 1. The van der Waals surface area contributed by atoms with E-state index in [0.29, 0.717) is 5.56 Å². The van der Waals surface area contributed by atoms with Crippen LogP contribution in [0.1, 0.15) is 66.2 Å². The molecule has 0 radical (unpaired) electrons. The number of aromatic nitrogens is 5. The van der Waals surface area contributed by atoms with Gasteiger partial charge in [-0.25, -0.2) is 9.97 Å². The zero-order valence-electron chi connectivity index (χ0n) is 17.8. The fraction of sp³-hybridized carbons (Fsp3) is 0.391. The molecular weight excluding hydrogens is 376 g/mol. The number of carbonyl (C=O) groups excluding carboxylic acids is 1. The Morgan fingerprint density at radius 1 is 1.23 bits per heavy atom. The van der Waals surface area contributed by atoms with Crippen LogP contribution in [0.2, 0.25) is 0 Å². The molecule has 1 amide bonds. The highest BCUT2D eigenvalue weighted by Gasteiger charge is 2.34. The van der Waals surface area contributed by atoms with Crippen molar-refractivity contribution in [1.29, 1.82) is 0 Å². The predicted molar refractivity (Wildman–Crippen MR) is 116 cm³/mol. The number of fused-ring (bicyclic) bond motifs is 2. The monoisotopic (exact) mass is 402 g/mol. The van der Waals surface area contributed by atoms with E-state index in [2.05, 4.69) is 23.9 Å². The summed E-state index contributed by atoms with van der Waals surface area (Å²) >= 11 is 0. The minimum absolute atomic E-state index is 0.0309. The fourth-order valence-corrected chi connectivity index (χ4v) is 4.51. The summed E-state index contributed by atoms with van der Waals surface area (Å²) in [5.74, 6) is 1.11. The van der Waals surface area contributed by atoms with E-state index < -0.39 is 0 Å². The minimum atomic E-state index is -0.0485. The Labute approximate surface area is 175 Å². The van der Waals surface area contributed by atoms with Crippen LogP contribution in [0.25, 0.3) is 22.1 Å². The predicted octanol–water partition coefficient (Wildman–Crippen LogP) is 4.25. The molecular formula is C23H26N6O.